The highest BCUT2D eigenvalue weighted by Crippen LogP contribution is 2.18. The Hall–Kier alpha value is -1.53. The Labute approximate surface area is 123 Å². The maximum atomic E-state index is 13.1. The second kappa shape index (κ2) is 7.47. The molecule has 4 nitrogen and oxygen atoms in total. The highest BCUT2D eigenvalue weighted by atomic mass is 19.2. The molecule has 0 radical (unpaired) electrons. The van der Waals surface area contributed by atoms with Gasteiger partial charge in [-0.25, -0.2) is 8.78 Å². The monoisotopic (exact) mass is 301 g/mol. The van der Waals surface area contributed by atoms with Crippen LogP contribution in [-0.2, 0) is 9.53 Å². The number of likely N-dealkylation sites (N-methyl/N-ethyl adjacent to an activating group) is 1. The molecule has 6 heteroatoms. The van der Waals surface area contributed by atoms with E-state index in [9.17, 15) is 18.7 Å². The first kappa shape index (κ1) is 17.5. The Morgan fingerprint density at radius 2 is 1.90 bits per heavy atom. The van der Waals surface area contributed by atoms with Gasteiger partial charge in [0.1, 0.15) is 6.04 Å². The molecule has 0 spiro atoms. The predicted octanol–water partition coefficient (Wildman–Crippen LogP) is 2.27. The van der Waals surface area contributed by atoms with Crippen molar-refractivity contribution in [3.63, 3.8) is 0 Å². The van der Waals surface area contributed by atoms with E-state index in [1.165, 1.54) is 6.07 Å². The minimum atomic E-state index is -1.03. The summed E-state index contributed by atoms with van der Waals surface area (Å²) in [5.41, 5.74) is 0.255. The van der Waals surface area contributed by atoms with Crippen LogP contribution in [0, 0.1) is 11.6 Å². The molecule has 2 unspecified atom stereocenters. The van der Waals surface area contributed by atoms with Crippen LogP contribution in [0.5, 0.6) is 0 Å². The smallest absolute Gasteiger partial charge is 0.323 e. The number of ether oxygens (including phenoxy) is 1. The van der Waals surface area contributed by atoms with Gasteiger partial charge in [-0.1, -0.05) is 6.07 Å². The van der Waals surface area contributed by atoms with Gasteiger partial charge >= 0.3 is 5.97 Å². The Kier molecular flexibility index (Phi) is 6.23. The van der Waals surface area contributed by atoms with Crippen LogP contribution in [0.4, 0.5) is 8.78 Å². The van der Waals surface area contributed by atoms with Crippen LogP contribution in [-0.4, -0.2) is 41.7 Å². The molecule has 0 aliphatic rings. The molecule has 0 aliphatic carbocycles. The van der Waals surface area contributed by atoms with E-state index in [4.69, 9.17) is 4.74 Å². The summed E-state index contributed by atoms with van der Waals surface area (Å²) in [6, 6.07) is 2.68. The number of hydrogen-bond donors (Lipinski definition) is 1. The molecule has 1 rings (SSSR count). The molecule has 0 fully saturated rings. The minimum absolute atomic E-state index is 0.0967. The van der Waals surface area contributed by atoms with E-state index in [1.807, 2.05) is 0 Å². The van der Waals surface area contributed by atoms with Crippen LogP contribution in [0.2, 0.25) is 0 Å². The van der Waals surface area contributed by atoms with Crippen molar-refractivity contribution in [3.05, 3.63) is 35.4 Å². The molecule has 0 aliphatic heterocycles. The van der Waals surface area contributed by atoms with E-state index < -0.39 is 29.7 Å². The van der Waals surface area contributed by atoms with Gasteiger partial charge in [-0.05, 0) is 45.5 Å². The number of hydrogen-bond acceptors (Lipinski definition) is 4. The van der Waals surface area contributed by atoms with Crippen molar-refractivity contribution < 1.29 is 23.4 Å². The molecule has 0 saturated carbocycles. The average molecular weight is 301 g/mol. The normalized spacial score (nSPS) is 14.3. The van der Waals surface area contributed by atoms with Crippen molar-refractivity contribution in [2.45, 2.75) is 39.0 Å². The third-order valence-electron chi connectivity index (χ3n) is 3.14. The number of aliphatic hydroxyl groups excluding tert-OH is 1. The summed E-state index contributed by atoms with van der Waals surface area (Å²) in [6.07, 6.45) is -1.25. The fraction of sp³-hybridized carbons (Fsp3) is 0.533. The number of carbonyl (C=O) groups excluding carboxylic acids is 1. The van der Waals surface area contributed by atoms with Crippen LogP contribution in [0.1, 0.15) is 32.4 Å². The maximum Gasteiger partial charge on any atom is 0.323 e. The van der Waals surface area contributed by atoms with Gasteiger partial charge in [0.25, 0.3) is 0 Å². The van der Waals surface area contributed by atoms with E-state index in [0.29, 0.717) is 0 Å². The van der Waals surface area contributed by atoms with Gasteiger partial charge in [0, 0.05) is 6.54 Å². The fourth-order valence-corrected chi connectivity index (χ4v) is 1.77. The quantitative estimate of drug-likeness (QED) is 0.819. The topological polar surface area (TPSA) is 49.8 Å². The molecule has 1 aromatic rings. The number of esters is 1. The largest absolute Gasteiger partial charge is 0.462 e. The highest BCUT2D eigenvalue weighted by molar-refractivity contribution is 5.75. The molecule has 0 amide bonds. The molecule has 0 saturated heterocycles. The van der Waals surface area contributed by atoms with Crippen molar-refractivity contribution >= 4 is 5.97 Å². The molecule has 0 heterocycles. The third-order valence-corrected chi connectivity index (χ3v) is 3.14. The fourth-order valence-electron chi connectivity index (χ4n) is 1.77. The number of rotatable bonds is 6. The zero-order valence-corrected chi connectivity index (χ0v) is 12.6. The SMILES string of the molecule is CC(C)OC(=O)C(C)N(C)CC(O)c1ccc(F)c(F)c1. The standard InChI is InChI=1S/C15H21F2NO3/c1-9(2)21-15(20)10(3)18(4)8-14(19)11-5-6-12(16)13(17)7-11/h5-7,9-10,14,19H,8H2,1-4H3. The first-order valence-corrected chi connectivity index (χ1v) is 6.76. The lowest BCUT2D eigenvalue weighted by Crippen LogP contribution is -2.40. The summed E-state index contributed by atoms with van der Waals surface area (Å²) in [7, 11) is 1.65. The number of aliphatic hydroxyl groups is 1. The Balaban J connectivity index is 2.66. The summed E-state index contributed by atoms with van der Waals surface area (Å²) in [6.45, 7) is 5.25. The van der Waals surface area contributed by atoms with Gasteiger partial charge in [-0.3, -0.25) is 9.69 Å². The van der Waals surface area contributed by atoms with Crippen LogP contribution in [0.25, 0.3) is 0 Å². The van der Waals surface area contributed by atoms with Gasteiger partial charge in [0.15, 0.2) is 11.6 Å². The minimum Gasteiger partial charge on any atom is -0.462 e. The Bertz CT molecular complexity index is 494. The van der Waals surface area contributed by atoms with Crippen molar-refractivity contribution in [2.24, 2.45) is 0 Å². The molecule has 1 aromatic carbocycles. The van der Waals surface area contributed by atoms with Gasteiger partial charge in [0.2, 0.25) is 0 Å². The molecule has 21 heavy (non-hydrogen) atoms. The molecule has 1 N–H and O–H groups in total. The summed E-state index contributed by atoms with van der Waals surface area (Å²) in [5.74, 6) is -2.38. The lowest BCUT2D eigenvalue weighted by molar-refractivity contribution is -0.153. The summed E-state index contributed by atoms with van der Waals surface area (Å²) in [4.78, 5) is 13.4. The molecule has 118 valence electrons. The second-order valence-electron chi connectivity index (χ2n) is 5.29. The summed E-state index contributed by atoms with van der Waals surface area (Å²) in [5, 5.41) is 10.0. The van der Waals surface area contributed by atoms with Crippen LogP contribution >= 0.6 is 0 Å². The molecule has 0 bridgehead atoms. The molecular weight excluding hydrogens is 280 g/mol. The third kappa shape index (κ3) is 5.06. The van der Waals surface area contributed by atoms with E-state index in [0.717, 1.165) is 12.1 Å². The number of benzene rings is 1. The highest BCUT2D eigenvalue weighted by Gasteiger charge is 2.23. The Morgan fingerprint density at radius 1 is 1.29 bits per heavy atom. The van der Waals surface area contributed by atoms with E-state index in [-0.39, 0.29) is 18.2 Å². The van der Waals surface area contributed by atoms with Crippen molar-refractivity contribution in [1.29, 1.82) is 0 Å². The predicted molar refractivity (Wildman–Crippen MR) is 74.6 cm³/mol. The van der Waals surface area contributed by atoms with Crippen molar-refractivity contribution in [3.8, 4) is 0 Å². The second-order valence-corrected chi connectivity index (χ2v) is 5.29. The zero-order chi connectivity index (χ0) is 16.2. The van der Waals surface area contributed by atoms with Crippen LogP contribution < -0.4 is 0 Å². The average Bonchev–Trinajstić information content (AvgIpc) is 2.39. The van der Waals surface area contributed by atoms with Crippen molar-refractivity contribution in [2.75, 3.05) is 13.6 Å². The lowest BCUT2D eigenvalue weighted by Gasteiger charge is -2.26. The van der Waals surface area contributed by atoms with E-state index >= 15 is 0 Å². The summed E-state index contributed by atoms with van der Waals surface area (Å²) >= 11 is 0. The molecule has 2 atom stereocenters. The van der Waals surface area contributed by atoms with E-state index in [2.05, 4.69) is 0 Å². The molecule has 0 aromatic heterocycles. The van der Waals surface area contributed by atoms with Gasteiger partial charge in [-0.2, -0.15) is 0 Å². The number of nitrogens with zero attached hydrogens (tertiary/aromatic N) is 1. The van der Waals surface area contributed by atoms with Gasteiger partial charge in [0.05, 0.1) is 12.2 Å². The van der Waals surface area contributed by atoms with Crippen LogP contribution in [0.15, 0.2) is 18.2 Å². The molecular formula is C15H21F2NO3. The van der Waals surface area contributed by atoms with Crippen molar-refractivity contribution in [1.82, 2.24) is 4.90 Å². The van der Waals surface area contributed by atoms with Gasteiger partial charge < -0.3 is 9.84 Å². The maximum absolute atomic E-state index is 13.1. The Morgan fingerprint density at radius 3 is 2.43 bits per heavy atom. The van der Waals surface area contributed by atoms with E-state index in [1.54, 1.807) is 32.7 Å². The van der Waals surface area contributed by atoms with Gasteiger partial charge in [-0.15, -0.1) is 0 Å². The number of halogens is 2. The zero-order valence-electron chi connectivity index (χ0n) is 12.6. The van der Waals surface area contributed by atoms with Crippen LogP contribution in [0.3, 0.4) is 0 Å². The first-order valence-electron chi connectivity index (χ1n) is 6.76. The lowest BCUT2D eigenvalue weighted by atomic mass is 10.1. The first-order chi connectivity index (χ1) is 9.72. The number of carbonyl (C=O) groups is 1. The summed E-state index contributed by atoms with van der Waals surface area (Å²) < 4.78 is 31.1.